The lowest BCUT2D eigenvalue weighted by atomic mass is 10.2. The van der Waals surface area contributed by atoms with E-state index in [0.29, 0.717) is 6.54 Å². The number of hydrogen-bond acceptors (Lipinski definition) is 3. The number of nitrogens with two attached hydrogens (primary N) is 1. The van der Waals surface area contributed by atoms with E-state index in [-0.39, 0.29) is 12.5 Å². The van der Waals surface area contributed by atoms with Gasteiger partial charge in [-0.15, -0.1) is 0 Å². The van der Waals surface area contributed by atoms with E-state index >= 15 is 0 Å². The molecule has 2 N–H and O–H groups in total. The lowest BCUT2D eigenvalue weighted by Crippen LogP contribution is -2.21. The topological polar surface area (TPSA) is 78.7 Å². The van der Waals surface area contributed by atoms with Crippen molar-refractivity contribution in [2.75, 3.05) is 0 Å². The molecule has 1 amide bonds. The lowest BCUT2D eigenvalue weighted by Gasteiger charge is -2.11. The van der Waals surface area contributed by atoms with Crippen LogP contribution in [0.1, 0.15) is 31.4 Å². The number of aryl methyl sites for hydroxylation is 1. The van der Waals surface area contributed by atoms with Crippen molar-refractivity contribution in [1.82, 2.24) is 19.1 Å². The molecule has 0 atom stereocenters. The number of fused-ring (bicyclic) bond motifs is 2. The average molecular weight is 361 g/mol. The van der Waals surface area contributed by atoms with E-state index < -0.39 is 0 Å². The quantitative estimate of drug-likeness (QED) is 0.549. The fourth-order valence-corrected chi connectivity index (χ4v) is 3.55. The van der Waals surface area contributed by atoms with Crippen LogP contribution in [0.4, 0.5) is 0 Å². The molecule has 0 spiro atoms. The molecule has 2 aromatic heterocycles. The van der Waals surface area contributed by atoms with Crippen molar-refractivity contribution < 1.29 is 4.79 Å². The van der Waals surface area contributed by atoms with Crippen LogP contribution >= 0.6 is 0 Å². The van der Waals surface area contributed by atoms with Gasteiger partial charge in [-0.05, 0) is 30.7 Å². The van der Waals surface area contributed by atoms with Gasteiger partial charge in [-0.3, -0.25) is 4.79 Å². The number of rotatable bonds is 7. The van der Waals surface area contributed by atoms with Gasteiger partial charge in [0.05, 0.1) is 28.6 Å². The Morgan fingerprint density at radius 2 is 1.52 bits per heavy atom. The second kappa shape index (κ2) is 7.23. The molecule has 2 aromatic carbocycles. The Morgan fingerprint density at radius 3 is 2.15 bits per heavy atom. The number of nitrogens with zero attached hydrogens (tertiary/aromatic N) is 4. The summed E-state index contributed by atoms with van der Waals surface area (Å²) in [5.41, 5.74) is 9.36. The van der Waals surface area contributed by atoms with Gasteiger partial charge in [0.25, 0.3) is 0 Å². The predicted octanol–water partition coefficient (Wildman–Crippen LogP) is 3.26. The van der Waals surface area contributed by atoms with E-state index in [2.05, 4.69) is 17.6 Å². The second-order valence-corrected chi connectivity index (χ2v) is 6.78. The van der Waals surface area contributed by atoms with E-state index in [1.54, 1.807) is 0 Å². The van der Waals surface area contributed by atoms with E-state index in [4.69, 9.17) is 15.7 Å². The van der Waals surface area contributed by atoms with E-state index in [1.165, 1.54) is 0 Å². The average Bonchev–Trinajstić information content (AvgIpc) is 3.19. The molecule has 4 aromatic rings. The summed E-state index contributed by atoms with van der Waals surface area (Å²) in [7, 11) is 0. The van der Waals surface area contributed by atoms with E-state index in [0.717, 1.165) is 53.0 Å². The summed E-state index contributed by atoms with van der Waals surface area (Å²) in [4.78, 5) is 21.2. The first-order valence-electron chi connectivity index (χ1n) is 9.34. The van der Waals surface area contributed by atoms with Crippen molar-refractivity contribution in [2.24, 2.45) is 5.73 Å². The summed E-state index contributed by atoms with van der Waals surface area (Å²) in [5, 5.41) is 0. The summed E-state index contributed by atoms with van der Waals surface area (Å²) in [6.45, 7) is 2.85. The van der Waals surface area contributed by atoms with Gasteiger partial charge in [0.15, 0.2) is 0 Å². The molecule has 0 radical (unpaired) electrons. The summed E-state index contributed by atoms with van der Waals surface area (Å²) < 4.78 is 4.12. The number of para-hydroxylation sites is 4. The zero-order valence-electron chi connectivity index (χ0n) is 15.4. The zero-order valence-corrected chi connectivity index (χ0v) is 15.4. The molecule has 0 saturated carbocycles. The molecule has 0 fully saturated rings. The van der Waals surface area contributed by atoms with Gasteiger partial charge in [0.2, 0.25) is 5.91 Å². The highest BCUT2D eigenvalue weighted by atomic mass is 16.1. The molecule has 0 bridgehead atoms. The largest absolute Gasteiger partial charge is 0.368 e. The third kappa shape index (κ3) is 3.30. The Bertz CT molecular complexity index is 1110. The number of carbonyl (C=O) groups excluding carboxylic acids is 1. The molecular weight excluding hydrogens is 338 g/mol. The van der Waals surface area contributed by atoms with Gasteiger partial charge in [-0.2, -0.15) is 0 Å². The van der Waals surface area contributed by atoms with Gasteiger partial charge in [-0.1, -0.05) is 37.6 Å². The summed E-state index contributed by atoms with van der Waals surface area (Å²) in [6, 6.07) is 16.0. The number of unbranched alkanes of at least 4 members (excludes halogenated alkanes) is 1. The van der Waals surface area contributed by atoms with Gasteiger partial charge in [0.1, 0.15) is 18.2 Å². The van der Waals surface area contributed by atoms with Crippen molar-refractivity contribution in [3.63, 3.8) is 0 Å². The Kier molecular flexibility index (Phi) is 4.62. The number of carbonyl (C=O) groups is 1. The minimum Gasteiger partial charge on any atom is -0.368 e. The molecule has 6 heteroatoms. The number of benzene rings is 2. The minimum atomic E-state index is -0.374. The fourth-order valence-electron chi connectivity index (χ4n) is 3.55. The maximum absolute atomic E-state index is 11.6. The van der Waals surface area contributed by atoms with Crippen LogP contribution in [-0.4, -0.2) is 25.0 Å². The third-order valence-electron chi connectivity index (χ3n) is 4.83. The van der Waals surface area contributed by atoms with Gasteiger partial charge < -0.3 is 14.9 Å². The molecule has 2 heterocycles. The first kappa shape index (κ1) is 17.3. The van der Waals surface area contributed by atoms with E-state index in [1.807, 2.05) is 47.0 Å². The maximum Gasteiger partial charge on any atom is 0.237 e. The second-order valence-electron chi connectivity index (χ2n) is 6.78. The van der Waals surface area contributed by atoms with Crippen LogP contribution in [0.3, 0.4) is 0 Å². The molecule has 4 rings (SSSR count). The van der Waals surface area contributed by atoms with E-state index in [9.17, 15) is 4.79 Å². The number of imidazole rings is 2. The normalized spacial score (nSPS) is 11.4. The highest BCUT2D eigenvalue weighted by Crippen LogP contribution is 2.22. The van der Waals surface area contributed by atoms with Gasteiger partial charge >= 0.3 is 0 Å². The highest BCUT2D eigenvalue weighted by Gasteiger charge is 2.16. The summed E-state index contributed by atoms with van der Waals surface area (Å²) in [6.07, 6.45) is 3.12. The van der Waals surface area contributed by atoms with Crippen LogP contribution in [-0.2, 0) is 24.3 Å². The molecule has 0 aliphatic carbocycles. The standard InChI is InChI=1S/C21H23N5O/c1-2-3-12-20-23-15-8-4-7-11-18(15)26(20)14-21-24-16-9-5-6-10-17(16)25(21)13-19(22)27/h4-11H,2-3,12-14H2,1H3,(H2,22,27). The van der Waals surface area contributed by atoms with Gasteiger partial charge in [-0.25, -0.2) is 9.97 Å². The molecule has 0 aliphatic rings. The number of primary amides is 1. The third-order valence-corrected chi connectivity index (χ3v) is 4.83. The number of amides is 1. The smallest absolute Gasteiger partial charge is 0.237 e. The van der Waals surface area contributed by atoms with Crippen LogP contribution in [0.5, 0.6) is 0 Å². The molecule has 0 unspecified atom stereocenters. The van der Waals surface area contributed by atoms with Crippen molar-refractivity contribution in [1.29, 1.82) is 0 Å². The molecule has 6 nitrogen and oxygen atoms in total. The summed E-state index contributed by atoms with van der Waals surface area (Å²) >= 11 is 0. The van der Waals surface area contributed by atoms with Crippen LogP contribution < -0.4 is 5.73 Å². The molecule has 0 aliphatic heterocycles. The van der Waals surface area contributed by atoms with Gasteiger partial charge in [0, 0.05) is 6.42 Å². The van der Waals surface area contributed by atoms with Crippen LogP contribution in [0.15, 0.2) is 48.5 Å². The van der Waals surface area contributed by atoms with Crippen LogP contribution in [0.25, 0.3) is 22.1 Å². The molecular formula is C21H23N5O. The Hall–Kier alpha value is -3.15. The Morgan fingerprint density at radius 1 is 0.926 bits per heavy atom. The first-order valence-corrected chi connectivity index (χ1v) is 9.34. The Balaban J connectivity index is 1.83. The van der Waals surface area contributed by atoms with Crippen molar-refractivity contribution in [3.8, 4) is 0 Å². The first-order chi connectivity index (χ1) is 13.2. The zero-order chi connectivity index (χ0) is 18.8. The monoisotopic (exact) mass is 361 g/mol. The van der Waals surface area contributed by atoms with Crippen molar-refractivity contribution in [3.05, 3.63) is 60.2 Å². The fraction of sp³-hybridized carbons (Fsp3) is 0.286. The molecule has 27 heavy (non-hydrogen) atoms. The molecule has 0 saturated heterocycles. The number of hydrogen-bond donors (Lipinski definition) is 1. The Labute approximate surface area is 157 Å². The molecule has 138 valence electrons. The lowest BCUT2D eigenvalue weighted by molar-refractivity contribution is -0.118. The van der Waals surface area contributed by atoms with Crippen LogP contribution in [0.2, 0.25) is 0 Å². The highest BCUT2D eigenvalue weighted by molar-refractivity contribution is 5.80. The van der Waals surface area contributed by atoms with Crippen molar-refractivity contribution in [2.45, 2.75) is 39.3 Å². The maximum atomic E-state index is 11.6. The SMILES string of the molecule is CCCCc1nc2ccccc2n1Cc1nc2ccccc2n1CC(N)=O. The van der Waals surface area contributed by atoms with Crippen molar-refractivity contribution >= 4 is 28.0 Å². The van der Waals surface area contributed by atoms with Crippen LogP contribution in [0, 0.1) is 0 Å². The summed E-state index contributed by atoms with van der Waals surface area (Å²) in [5.74, 6) is 1.49. The minimum absolute atomic E-state index is 0.118. The predicted molar refractivity (Wildman–Crippen MR) is 106 cm³/mol. The number of aromatic nitrogens is 4.